The predicted molar refractivity (Wildman–Crippen MR) is 130 cm³/mol. The minimum Gasteiger partial charge on any atom is -0.461 e. The highest BCUT2D eigenvalue weighted by atomic mass is 16.8. The Bertz CT molecular complexity index is 914. The van der Waals surface area contributed by atoms with Crippen LogP contribution in [0.3, 0.4) is 0 Å². The third-order valence-electron chi connectivity index (χ3n) is 4.11. The molecular formula is C25H37NO11. The van der Waals surface area contributed by atoms with E-state index in [-0.39, 0.29) is 37.1 Å². The molecule has 0 fully saturated rings. The van der Waals surface area contributed by atoms with Gasteiger partial charge in [-0.2, -0.15) is 0 Å². The van der Waals surface area contributed by atoms with Crippen LogP contribution in [0.1, 0.15) is 54.0 Å². The molecule has 0 bridgehead atoms. The van der Waals surface area contributed by atoms with Crippen molar-refractivity contribution >= 4 is 24.4 Å². The van der Waals surface area contributed by atoms with E-state index in [2.05, 4.69) is 0 Å². The molecule has 0 aromatic heterocycles. The van der Waals surface area contributed by atoms with E-state index in [9.17, 15) is 19.2 Å². The molecule has 2 N–H and O–H groups in total. The van der Waals surface area contributed by atoms with Crippen LogP contribution in [0.4, 0.5) is 14.4 Å². The molecule has 0 heterocycles. The van der Waals surface area contributed by atoms with Gasteiger partial charge >= 0.3 is 24.4 Å². The number of hydrogen-bond acceptors (Lipinski definition) is 12. The third-order valence-corrected chi connectivity index (χ3v) is 4.11. The molecule has 0 aliphatic rings. The monoisotopic (exact) mass is 527 g/mol. The molecule has 0 spiro atoms. The first kappa shape index (κ1) is 31.5. The molecule has 208 valence electrons. The molecule has 12 nitrogen and oxygen atoms in total. The zero-order valence-electron chi connectivity index (χ0n) is 22.3. The van der Waals surface area contributed by atoms with Crippen LogP contribution in [-0.2, 0) is 34.9 Å². The second-order valence-electron chi connectivity index (χ2n) is 9.14. The van der Waals surface area contributed by atoms with Crippen molar-refractivity contribution in [2.75, 3.05) is 13.2 Å². The second-order valence-corrected chi connectivity index (χ2v) is 9.14. The number of carbonyl (C=O) groups excluding carboxylic acids is 4. The maximum atomic E-state index is 12.3. The van der Waals surface area contributed by atoms with Gasteiger partial charge < -0.3 is 38.9 Å². The lowest BCUT2D eigenvalue weighted by molar-refractivity contribution is -0.148. The number of benzene rings is 1. The number of hydrogen-bond donors (Lipinski definition) is 1. The van der Waals surface area contributed by atoms with Crippen molar-refractivity contribution in [1.82, 2.24) is 0 Å². The van der Waals surface area contributed by atoms with E-state index in [1.807, 2.05) is 13.8 Å². The average Bonchev–Trinajstić information content (AvgIpc) is 2.76. The summed E-state index contributed by atoms with van der Waals surface area (Å²) in [5, 5.41) is 0. The fourth-order valence-electron chi connectivity index (χ4n) is 2.57. The smallest absolute Gasteiger partial charge is 0.461 e. The summed E-state index contributed by atoms with van der Waals surface area (Å²) >= 11 is 0. The molecule has 0 saturated carbocycles. The van der Waals surface area contributed by atoms with Crippen LogP contribution in [0, 0.1) is 5.92 Å². The molecule has 0 aliphatic heterocycles. The first-order valence-corrected chi connectivity index (χ1v) is 11.9. The van der Waals surface area contributed by atoms with Gasteiger partial charge in [0.2, 0.25) is 0 Å². The molecule has 0 saturated heterocycles. The fraction of sp³-hybridized carbons (Fsp3) is 0.600. The molecule has 2 atom stereocenters. The number of rotatable bonds is 12. The molecule has 0 amide bonds. The number of esters is 1. The van der Waals surface area contributed by atoms with E-state index >= 15 is 0 Å². The predicted octanol–water partition coefficient (Wildman–Crippen LogP) is 4.14. The van der Waals surface area contributed by atoms with Crippen molar-refractivity contribution in [3.8, 4) is 11.5 Å². The van der Waals surface area contributed by atoms with E-state index in [0.717, 1.165) is 0 Å². The van der Waals surface area contributed by atoms with Crippen LogP contribution in [0.2, 0.25) is 0 Å². The Hall–Kier alpha value is -3.54. The van der Waals surface area contributed by atoms with Crippen molar-refractivity contribution in [3.63, 3.8) is 0 Å². The summed E-state index contributed by atoms with van der Waals surface area (Å²) in [6.45, 7) is 11.9. The van der Waals surface area contributed by atoms with Crippen molar-refractivity contribution in [3.05, 3.63) is 23.8 Å². The Labute approximate surface area is 216 Å². The Balaban J connectivity index is 2.80. The first-order chi connectivity index (χ1) is 17.3. The SMILES string of the molecule is CC(C)COC(=O)O[C@@H](C)COC(=O)[C@@H](N)Cc1ccc(OC(=O)OC(C)C)c(OC(=O)OC(C)C)c1. The fourth-order valence-corrected chi connectivity index (χ4v) is 2.57. The Morgan fingerprint density at radius 3 is 1.84 bits per heavy atom. The number of ether oxygens (including phenoxy) is 7. The lowest BCUT2D eigenvalue weighted by Gasteiger charge is -2.17. The lowest BCUT2D eigenvalue weighted by atomic mass is 10.1. The molecule has 37 heavy (non-hydrogen) atoms. The molecule has 12 heteroatoms. The van der Waals surface area contributed by atoms with Crippen molar-refractivity contribution in [2.24, 2.45) is 11.7 Å². The van der Waals surface area contributed by atoms with Crippen LogP contribution >= 0.6 is 0 Å². The third kappa shape index (κ3) is 13.4. The lowest BCUT2D eigenvalue weighted by Crippen LogP contribution is -2.36. The minimum atomic E-state index is -1.09. The van der Waals surface area contributed by atoms with Crippen LogP contribution in [0.25, 0.3) is 0 Å². The van der Waals surface area contributed by atoms with Gasteiger partial charge in [0.15, 0.2) is 11.5 Å². The van der Waals surface area contributed by atoms with Crippen LogP contribution in [-0.4, -0.2) is 62.0 Å². The van der Waals surface area contributed by atoms with Crippen molar-refractivity contribution in [1.29, 1.82) is 0 Å². The maximum Gasteiger partial charge on any atom is 0.514 e. The standard InChI is InChI=1S/C25H37NO11/c1-14(2)12-32-23(28)35-17(7)13-31-22(27)19(26)10-18-8-9-20(36-24(29)33-15(3)4)21(11-18)37-25(30)34-16(5)6/h8-9,11,14-17,19H,10,12-13,26H2,1-7H3/t17-,19-/m0/s1. The highest BCUT2D eigenvalue weighted by molar-refractivity contribution is 5.76. The van der Waals surface area contributed by atoms with Gasteiger partial charge in [-0.3, -0.25) is 4.79 Å². The van der Waals surface area contributed by atoms with E-state index in [1.165, 1.54) is 25.1 Å². The molecule has 1 rings (SSSR count). The van der Waals surface area contributed by atoms with E-state index in [0.29, 0.717) is 5.56 Å². The molecule has 1 aromatic rings. The normalized spacial score (nSPS) is 12.5. The maximum absolute atomic E-state index is 12.3. The summed E-state index contributed by atoms with van der Waals surface area (Å²) in [7, 11) is 0. The number of carbonyl (C=O) groups is 4. The van der Waals surface area contributed by atoms with Gasteiger partial charge in [0.05, 0.1) is 18.8 Å². The van der Waals surface area contributed by atoms with Crippen LogP contribution in [0.5, 0.6) is 11.5 Å². The summed E-state index contributed by atoms with van der Waals surface area (Å²) in [4.78, 5) is 47.9. The largest absolute Gasteiger partial charge is 0.514 e. The van der Waals surface area contributed by atoms with Gasteiger partial charge in [-0.1, -0.05) is 19.9 Å². The minimum absolute atomic E-state index is 0.00316. The van der Waals surface area contributed by atoms with Crippen LogP contribution in [0.15, 0.2) is 18.2 Å². The highest BCUT2D eigenvalue weighted by Crippen LogP contribution is 2.30. The Kier molecular flexibility index (Phi) is 13.2. The first-order valence-electron chi connectivity index (χ1n) is 11.9. The van der Waals surface area contributed by atoms with E-state index in [1.54, 1.807) is 27.7 Å². The zero-order chi connectivity index (χ0) is 28.1. The summed E-state index contributed by atoms with van der Waals surface area (Å²) in [5.74, 6) is -0.818. The molecular weight excluding hydrogens is 490 g/mol. The summed E-state index contributed by atoms with van der Waals surface area (Å²) in [5.41, 5.74) is 6.44. The van der Waals surface area contributed by atoms with Gasteiger partial charge in [-0.05, 0) is 64.7 Å². The highest BCUT2D eigenvalue weighted by Gasteiger charge is 2.22. The average molecular weight is 528 g/mol. The van der Waals surface area contributed by atoms with Crippen molar-refractivity contribution < 1.29 is 52.3 Å². The summed E-state index contributed by atoms with van der Waals surface area (Å²) in [6, 6.07) is 3.19. The van der Waals surface area contributed by atoms with Gasteiger partial charge in [-0.15, -0.1) is 0 Å². The molecule has 0 radical (unpaired) electrons. The van der Waals surface area contributed by atoms with Gasteiger partial charge in [-0.25, -0.2) is 14.4 Å². The Morgan fingerprint density at radius 2 is 1.30 bits per heavy atom. The van der Waals surface area contributed by atoms with Crippen molar-refractivity contribution in [2.45, 2.75) is 79.2 Å². The number of nitrogens with two attached hydrogens (primary N) is 1. The molecule has 1 aromatic carbocycles. The van der Waals surface area contributed by atoms with E-state index in [4.69, 9.17) is 38.9 Å². The van der Waals surface area contributed by atoms with Gasteiger partial charge in [0.1, 0.15) is 18.8 Å². The summed E-state index contributed by atoms with van der Waals surface area (Å²) in [6.07, 6.45) is -4.48. The summed E-state index contributed by atoms with van der Waals surface area (Å²) < 4.78 is 35.3. The van der Waals surface area contributed by atoms with Gasteiger partial charge in [0.25, 0.3) is 0 Å². The van der Waals surface area contributed by atoms with Crippen LogP contribution < -0.4 is 15.2 Å². The quantitative estimate of drug-likeness (QED) is 0.235. The second kappa shape index (κ2) is 15.5. The van der Waals surface area contributed by atoms with E-state index < -0.39 is 48.8 Å². The molecule has 0 aliphatic carbocycles. The van der Waals surface area contributed by atoms with Gasteiger partial charge in [0, 0.05) is 0 Å². The topological polar surface area (TPSA) is 159 Å². The zero-order valence-corrected chi connectivity index (χ0v) is 22.3. The molecule has 0 unspecified atom stereocenters. The Morgan fingerprint density at radius 1 is 0.730 bits per heavy atom.